The second-order valence-electron chi connectivity index (χ2n) is 13.0. The molecule has 0 amide bonds. The van der Waals surface area contributed by atoms with Crippen molar-refractivity contribution >= 4 is 23.1 Å². The van der Waals surface area contributed by atoms with Gasteiger partial charge >= 0.3 is 0 Å². The number of rotatable bonds is 12. The molecule has 3 aliphatic rings. The summed E-state index contributed by atoms with van der Waals surface area (Å²) in [6.45, 7) is 16.6. The minimum atomic E-state index is 0.102. The number of hydrogen-bond donors (Lipinski definition) is 2. The molecule has 0 spiro atoms. The van der Waals surface area contributed by atoms with Gasteiger partial charge in [0.05, 0.1) is 12.6 Å². The van der Waals surface area contributed by atoms with Crippen molar-refractivity contribution in [3.63, 3.8) is 0 Å². The van der Waals surface area contributed by atoms with Gasteiger partial charge in [0.15, 0.2) is 0 Å². The average Bonchev–Trinajstić information content (AvgIpc) is 3.54. The molecule has 2 saturated heterocycles. The topological polar surface area (TPSA) is 57.6 Å². The van der Waals surface area contributed by atoms with Crippen LogP contribution in [0.4, 0.5) is 5.69 Å². The maximum atomic E-state index is 9.93. The third kappa shape index (κ3) is 10.6. The number of aromatic hydroxyl groups is 1. The Morgan fingerprint density at radius 1 is 0.939 bits per heavy atom. The molecule has 260 valence electrons. The number of amidine groups is 1. The van der Waals surface area contributed by atoms with Crippen LogP contribution in [-0.4, -0.2) is 110 Å². The highest BCUT2D eigenvalue weighted by molar-refractivity contribution is 6.31. The number of benzene rings is 2. The Bertz CT molecular complexity index is 1560. The van der Waals surface area contributed by atoms with Crippen LogP contribution in [0.15, 0.2) is 125 Å². The van der Waals surface area contributed by atoms with Gasteiger partial charge in [0.2, 0.25) is 0 Å². The summed E-state index contributed by atoms with van der Waals surface area (Å²) in [5.74, 6) is 1.38. The monoisotopic (exact) mass is 680 g/mol. The maximum Gasteiger partial charge on any atom is 0.133 e. The fourth-order valence-corrected chi connectivity index (χ4v) is 7.01. The molecular formula is C41H53ClN6O. The molecule has 2 N–H and O–H groups in total. The number of piperazine rings is 1. The Labute approximate surface area is 298 Å². The lowest BCUT2D eigenvalue weighted by atomic mass is 9.96. The number of anilines is 1. The predicted octanol–water partition coefficient (Wildman–Crippen LogP) is 7.24. The van der Waals surface area contributed by atoms with E-state index in [0.29, 0.717) is 5.03 Å². The molecule has 1 aliphatic carbocycles. The minimum Gasteiger partial charge on any atom is -0.508 e. The summed E-state index contributed by atoms with van der Waals surface area (Å²) < 4.78 is 0. The molecule has 0 saturated carbocycles. The number of nitrogens with one attached hydrogen (secondary N) is 1. The fourth-order valence-electron chi connectivity index (χ4n) is 6.95. The Morgan fingerprint density at radius 2 is 1.71 bits per heavy atom. The molecule has 2 heterocycles. The molecule has 1 atom stereocenters. The van der Waals surface area contributed by atoms with Crippen molar-refractivity contribution in [1.29, 1.82) is 0 Å². The lowest BCUT2D eigenvalue weighted by Crippen LogP contribution is -2.48. The zero-order chi connectivity index (χ0) is 34.4. The van der Waals surface area contributed by atoms with Gasteiger partial charge in [-0.05, 0) is 55.7 Å². The van der Waals surface area contributed by atoms with Crippen molar-refractivity contribution in [3.8, 4) is 5.75 Å². The van der Waals surface area contributed by atoms with E-state index in [1.165, 1.54) is 16.7 Å². The van der Waals surface area contributed by atoms with Gasteiger partial charge in [-0.1, -0.05) is 96.1 Å². The number of halogens is 1. The standard InChI is InChI=1S/C41H53ClN6O/c1-4-36(42)19-16-33(2)40(35-17-20-37(49)21-18-35)47-29-26-45(27-30-47)25-22-44-41(38-14-9-10-15-39(38)43-3)48-24-11-23-46(28-31-48)32-34-12-7-5-6-8-13-34/h4-10,12,14-21,40,43,49H,1,11,13,22-32H2,2-3H3/b33-16+,36-19+,44-41?. The van der Waals surface area contributed by atoms with Crippen molar-refractivity contribution in [2.75, 3.05) is 84.4 Å². The summed E-state index contributed by atoms with van der Waals surface area (Å²) in [6.07, 6.45) is 18.7. The average molecular weight is 681 g/mol. The van der Waals surface area contributed by atoms with Gasteiger partial charge in [0.1, 0.15) is 11.6 Å². The Kier molecular flexibility index (Phi) is 13.9. The van der Waals surface area contributed by atoms with Crippen LogP contribution in [0.5, 0.6) is 5.75 Å². The molecule has 1 unspecified atom stereocenters. The van der Waals surface area contributed by atoms with E-state index < -0.39 is 0 Å². The first kappa shape index (κ1) is 36.4. The Balaban J connectivity index is 1.24. The number of nitrogens with zero attached hydrogens (tertiary/aromatic N) is 5. The third-order valence-corrected chi connectivity index (χ3v) is 9.89. The summed E-state index contributed by atoms with van der Waals surface area (Å²) in [5.41, 5.74) is 6.13. The van der Waals surface area contributed by atoms with Crippen LogP contribution >= 0.6 is 11.6 Å². The van der Waals surface area contributed by atoms with Crippen molar-refractivity contribution in [2.45, 2.75) is 25.8 Å². The van der Waals surface area contributed by atoms with Crippen LogP contribution in [-0.2, 0) is 0 Å². The van der Waals surface area contributed by atoms with Crippen molar-refractivity contribution in [1.82, 2.24) is 19.6 Å². The molecule has 2 aliphatic heterocycles. The van der Waals surface area contributed by atoms with E-state index in [0.717, 1.165) is 102 Å². The highest BCUT2D eigenvalue weighted by atomic mass is 35.5. The first-order valence-corrected chi connectivity index (χ1v) is 18.0. The fraction of sp³-hybridized carbons (Fsp3) is 0.390. The molecule has 5 rings (SSSR count). The molecule has 2 fully saturated rings. The Morgan fingerprint density at radius 3 is 2.49 bits per heavy atom. The quantitative estimate of drug-likeness (QED) is 0.140. The summed E-state index contributed by atoms with van der Waals surface area (Å²) >= 11 is 6.24. The van der Waals surface area contributed by atoms with Crippen LogP contribution in [0.3, 0.4) is 0 Å². The van der Waals surface area contributed by atoms with Crippen molar-refractivity contribution < 1.29 is 5.11 Å². The molecule has 8 heteroatoms. The lowest BCUT2D eigenvalue weighted by Gasteiger charge is -2.40. The largest absolute Gasteiger partial charge is 0.508 e. The predicted molar refractivity (Wildman–Crippen MR) is 208 cm³/mol. The van der Waals surface area contributed by atoms with Gasteiger partial charge in [0, 0.05) is 88.8 Å². The van der Waals surface area contributed by atoms with E-state index in [4.69, 9.17) is 16.6 Å². The number of allylic oxidation sites excluding steroid dienone is 9. The summed E-state index contributed by atoms with van der Waals surface area (Å²) in [4.78, 5) is 15.5. The first-order valence-electron chi connectivity index (χ1n) is 17.7. The van der Waals surface area contributed by atoms with Gasteiger partial charge in [-0.3, -0.25) is 19.7 Å². The Hall–Kier alpha value is -3.88. The SMILES string of the molecule is C=C/C(Cl)=C\C=C(/C)C(c1ccc(O)cc1)N1CCN(CCN=C(c2ccccc2NC)N2CCCN(CC3=CC=CC=CC3)CC2)CC1. The van der Waals surface area contributed by atoms with Crippen molar-refractivity contribution in [3.05, 3.63) is 131 Å². The van der Waals surface area contributed by atoms with Gasteiger partial charge in [-0.25, -0.2) is 0 Å². The number of phenolic OH excluding ortho intramolecular Hbond substituents is 1. The van der Waals surface area contributed by atoms with Gasteiger partial charge < -0.3 is 15.3 Å². The molecule has 7 nitrogen and oxygen atoms in total. The van der Waals surface area contributed by atoms with E-state index >= 15 is 0 Å². The molecular weight excluding hydrogens is 628 g/mol. The molecule has 0 aromatic heterocycles. The number of hydrogen-bond acceptors (Lipinski definition) is 6. The molecule has 49 heavy (non-hydrogen) atoms. The summed E-state index contributed by atoms with van der Waals surface area (Å²) in [5, 5.41) is 14.0. The minimum absolute atomic E-state index is 0.102. The van der Waals surface area contributed by atoms with Gasteiger partial charge in [-0.2, -0.15) is 0 Å². The summed E-state index contributed by atoms with van der Waals surface area (Å²) in [6, 6.07) is 16.3. The number of aliphatic imine (C=N–C) groups is 1. The van der Waals surface area contributed by atoms with Gasteiger partial charge in [-0.15, -0.1) is 0 Å². The zero-order valence-electron chi connectivity index (χ0n) is 29.3. The van der Waals surface area contributed by atoms with Crippen LogP contribution in [0.1, 0.15) is 36.9 Å². The smallest absolute Gasteiger partial charge is 0.133 e. The first-order chi connectivity index (χ1) is 23.9. The van der Waals surface area contributed by atoms with Crippen LogP contribution in [0, 0.1) is 0 Å². The second kappa shape index (κ2) is 18.8. The number of phenols is 1. The molecule has 2 aromatic rings. The van der Waals surface area contributed by atoms with E-state index in [9.17, 15) is 5.11 Å². The zero-order valence-corrected chi connectivity index (χ0v) is 30.0. The molecule has 0 bridgehead atoms. The van der Waals surface area contributed by atoms with E-state index in [1.807, 2.05) is 25.3 Å². The number of para-hydroxylation sites is 1. The second-order valence-corrected chi connectivity index (χ2v) is 13.4. The normalized spacial score (nSPS) is 19.7. The van der Waals surface area contributed by atoms with Crippen LogP contribution < -0.4 is 5.32 Å². The molecule has 2 aromatic carbocycles. The van der Waals surface area contributed by atoms with E-state index in [1.54, 1.807) is 18.2 Å². The highest BCUT2D eigenvalue weighted by Gasteiger charge is 2.27. The van der Waals surface area contributed by atoms with Crippen molar-refractivity contribution in [2.24, 2.45) is 4.99 Å². The van der Waals surface area contributed by atoms with Crippen LogP contribution in [0.2, 0.25) is 0 Å². The van der Waals surface area contributed by atoms with Gasteiger partial charge in [0.25, 0.3) is 0 Å². The molecule has 0 radical (unpaired) electrons. The summed E-state index contributed by atoms with van der Waals surface area (Å²) in [7, 11) is 2.00. The lowest BCUT2D eigenvalue weighted by molar-refractivity contribution is 0.110. The maximum absolute atomic E-state index is 9.93. The highest BCUT2D eigenvalue weighted by Crippen LogP contribution is 2.31. The third-order valence-electron chi connectivity index (χ3n) is 9.61. The van der Waals surface area contributed by atoms with Crippen LogP contribution in [0.25, 0.3) is 0 Å². The van der Waals surface area contributed by atoms with E-state index in [2.05, 4.69) is 99.1 Å². The van der Waals surface area contributed by atoms with E-state index in [-0.39, 0.29) is 11.8 Å².